The number of carbonyl (C=O) groups is 1. The Hall–Kier alpha value is -1.06. The predicted octanol–water partition coefficient (Wildman–Crippen LogP) is 3.44. The van der Waals surface area contributed by atoms with Crippen LogP contribution in [0, 0.1) is 5.92 Å². The molecule has 0 saturated carbocycles. The van der Waals surface area contributed by atoms with Gasteiger partial charge < -0.3 is 5.11 Å². The zero-order valence-electron chi connectivity index (χ0n) is 11.1. The van der Waals surface area contributed by atoms with Crippen molar-refractivity contribution >= 4 is 17.6 Å². The maximum atomic E-state index is 10.9. The van der Waals surface area contributed by atoms with Gasteiger partial charge in [0.15, 0.2) is 0 Å². The van der Waals surface area contributed by atoms with E-state index < -0.39 is 5.97 Å². The second-order valence-corrected chi connectivity index (χ2v) is 5.38. The third kappa shape index (κ3) is 4.67. The van der Waals surface area contributed by atoms with Gasteiger partial charge in [-0.2, -0.15) is 0 Å². The van der Waals surface area contributed by atoms with Gasteiger partial charge in [0.2, 0.25) is 0 Å². The minimum Gasteiger partial charge on any atom is -0.480 e. The first-order chi connectivity index (χ1) is 8.40. The Morgan fingerprint density at radius 1 is 1.39 bits per heavy atom. The van der Waals surface area contributed by atoms with Crippen molar-refractivity contribution in [2.75, 3.05) is 13.1 Å². The number of benzene rings is 1. The number of halogens is 1. The molecule has 100 valence electrons. The number of hydrogen-bond acceptors (Lipinski definition) is 2. The van der Waals surface area contributed by atoms with Crippen molar-refractivity contribution in [2.24, 2.45) is 5.92 Å². The maximum absolute atomic E-state index is 10.9. The highest BCUT2D eigenvalue weighted by atomic mass is 35.5. The fourth-order valence-corrected chi connectivity index (χ4v) is 2.18. The van der Waals surface area contributed by atoms with Gasteiger partial charge in [-0.15, -0.1) is 0 Å². The molecule has 0 aromatic heterocycles. The van der Waals surface area contributed by atoms with Crippen LogP contribution in [0.2, 0.25) is 5.02 Å². The van der Waals surface area contributed by atoms with Crippen molar-refractivity contribution in [3.8, 4) is 0 Å². The van der Waals surface area contributed by atoms with Crippen LogP contribution in [-0.4, -0.2) is 29.1 Å². The molecule has 1 rings (SSSR count). The molecule has 0 aliphatic rings. The van der Waals surface area contributed by atoms with Gasteiger partial charge in [0.1, 0.15) is 0 Å². The molecule has 1 aromatic carbocycles. The molecule has 0 spiro atoms. The molecule has 1 unspecified atom stereocenters. The van der Waals surface area contributed by atoms with Crippen LogP contribution < -0.4 is 0 Å². The largest absolute Gasteiger partial charge is 0.480 e. The normalized spacial score (nSPS) is 13.0. The quantitative estimate of drug-likeness (QED) is 0.860. The van der Waals surface area contributed by atoms with Crippen molar-refractivity contribution < 1.29 is 9.90 Å². The zero-order valence-corrected chi connectivity index (χ0v) is 11.8. The summed E-state index contributed by atoms with van der Waals surface area (Å²) >= 11 is 5.97. The van der Waals surface area contributed by atoms with E-state index in [4.69, 9.17) is 16.7 Å². The van der Waals surface area contributed by atoms with Gasteiger partial charge in [0, 0.05) is 17.6 Å². The number of carboxylic acid groups (broad SMARTS) is 1. The van der Waals surface area contributed by atoms with Crippen LogP contribution in [0.5, 0.6) is 0 Å². The van der Waals surface area contributed by atoms with E-state index in [9.17, 15) is 4.79 Å². The molecule has 0 aliphatic heterocycles. The lowest BCUT2D eigenvalue weighted by Gasteiger charge is -2.29. The Bertz CT molecular complexity index is 407. The Balaban J connectivity index is 2.86. The minimum absolute atomic E-state index is 0.0437. The van der Waals surface area contributed by atoms with E-state index in [1.165, 1.54) is 0 Å². The molecule has 18 heavy (non-hydrogen) atoms. The van der Waals surface area contributed by atoms with Crippen LogP contribution in [0.15, 0.2) is 24.3 Å². The Labute approximate surface area is 113 Å². The molecule has 1 atom stereocenters. The van der Waals surface area contributed by atoms with Crippen LogP contribution in [0.1, 0.15) is 32.4 Å². The van der Waals surface area contributed by atoms with Crippen LogP contribution in [0.3, 0.4) is 0 Å². The molecule has 1 aromatic rings. The number of carboxylic acids is 1. The summed E-state index contributed by atoms with van der Waals surface area (Å²) in [6, 6.07) is 7.62. The summed E-state index contributed by atoms with van der Waals surface area (Å²) in [4.78, 5) is 12.9. The molecule has 0 fully saturated rings. The van der Waals surface area contributed by atoms with Crippen molar-refractivity contribution in [1.29, 1.82) is 0 Å². The fraction of sp³-hybridized carbons (Fsp3) is 0.500. The molecule has 3 nitrogen and oxygen atoms in total. The number of nitrogens with zero attached hydrogens (tertiary/aromatic N) is 1. The number of rotatable bonds is 6. The Kier molecular flexibility index (Phi) is 5.63. The summed E-state index contributed by atoms with van der Waals surface area (Å²) in [7, 11) is 0. The predicted molar refractivity (Wildman–Crippen MR) is 73.9 cm³/mol. The van der Waals surface area contributed by atoms with Crippen molar-refractivity contribution in [3.63, 3.8) is 0 Å². The molecule has 0 saturated heterocycles. The van der Waals surface area contributed by atoms with Gasteiger partial charge in [-0.25, -0.2) is 0 Å². The molecule has 1 N–H and O–H groups in total. The van der Waals surface area contributed by atoms with Gasteiger partial charge in [-0.05, 0) is 30.5 Å². The molecule has 0 radical (unpaired) electrons. The summed E-state index contributed by atoms with van der Waals surface area (Å²) in [5.74, 6) is -0.379. The topological polar surface area (TPSA) is 40.5 Å². The minimum atomic E-state index is -0.801. The molecular weight excluding hydrogens is 250 g/mol. The van der Waals surface area contributed by atoms with E-state index in [0.717, 1.165) is 12.1 Å². The van der Waals surface area contributed by atoms with Crippen LogP contribution >= 0.6 is 11.6 Å². The van der Waals surface area contributed by atoms with E-state index in [-0.39, 0.29) is 12.6 Å². The van der Waals surface area contributed by atoms with Crippen LogP contribution in [0.25, 0.3) is 0 Å². The monoisotopic (exact) mass is 269 g/mol. The lowest BCUT2D eigenvalue weighted by atomic mass is 10.1. The van der Waals surface area contributed by atoms with Gasteiger partial charge in [0.05, 0.1) is 6.54 Å². The highest BCUT2D eigenvalue weighted by Gasteiger charge is 2.19. The van der Waals surface area contributed by atoms with Gasteiger partial charge in [-0.3, -0.25) is 9.69 Å². The summed E-state index contributed by atoms with van der Waals surface area (Å²) in [5, 5.41) is 9.66. The first-order valence-electron chi connectivity index (χ1n) is 6.11. The number of hydrogen-bond donors (Lipinski definition) is 1. The maximum Gasteiger partial charge on any atom is 0.317 e. The molecule has 0 amide bonds. The van der Waals surface area contributed by atoms with E-state index in [0.29, 0.717) is 10.9 Å². The third-order valence-electron chi connectivity index (χ3n) is 2.82. The average molecular weight is 270 g/mol. The fourth-order valence-electron chi connectivity index (χ4n) is 1.98. The summed E-state index contributed by atoms with van der Waals surface area (Å²) in [6.07, 6.45) is 0. The summed E-state index contributed by atoms with van der Waals surface area (Å²) < 4.78 is 0. The SMILES string of the molecule is CC(C)CN(CC(=O)O)C(C)c1cccc(Cl)c1. The van der Waals surface area contributed by atoms with Crippen LogP contribution in [0.4, 0.5) is 0 Å². The van der Waals surface area contributed by atoms with Gasteiger partial charge >= 0.3 is 5.97 Å². The molecule has 0 heterocycles. The Morgan fingerprint density at radius 2 is 2.06 bits per heavy atom. The molecular formula is C14H20ClNO2. The lowest BCUT2D eigenvalue weighted by molar-refractivity contribution is -0.139. The van der Waals surface area contributed by atoms with E-state index in [2.05, 4.69) is 13.8 Å². The molecule has 4 heteroatoms. The van der Waals surface area contributed by atoms with Crippen molar-refractivity contribution in [3.05, 3.63) is 34.9 Å². The first-order valence-corrected chi connectivity index (χ1v) is 6.49. The Morgan fingerprint density at radius 3 is 2.56 bits per heavy atom. The standard InChI is InChI=1S/C14H20ClNO2/c1-10(2)8-16(9-14(17)18)11(3)12-5-4-6-13(15)7-12/h4-7,10-11H,8-9H2,1-3H3,(H,17,18). The summed E-state index contributed by atoms with van der Waals surface area (Å²) in [6.45, 7) is 6.97. The molecule has 0 aliphatic carbocycles. The highest BCUT2D eigenvalue weighted by molar-refractivity contribution is 6.30. The summed E-state index contributed by atoms with van der Waals surface area (Å²) in [5.41, 5.74) is 1.05. The first kappa shape index (κ1) is 15.0. The smallest absolute Gasteiger partial charge is 0.317 e. The lowest BCUT2D eigenvalue weighted by Crippen LogP contribution is -2.35. The van der Waals surface area contributed by atoms with Crippen molar-refractivity contribution in [2.45, 2.75) is 26.8 Å². The van der Waals surface area contributed by atoms with Crippen molar-refractivity contribution in [1.82, 2.24) is 4.90 Å². The van der Waals surface area contributed by atoms with E-state index >= 15 is 0 Å². The highest BCUT2D eigenvalue weighted by Crippen LogP contribution is 2.23. The van der Waals surface area contributed by atoms with Gasteiger partial charge in [-0.1, -0.05) is 37.6 Å². The van der Waals surface area contributed by atoms with Gasteiger partial charge in [0.25, 0.3) is 0 Å². The second kappa shape index (κ2) is 6.76. The third-order valence-corrected chi connectivity index (χ3v) is 3.05. The van der Waals surface area contributed by atoms with E-state index in [1.807, 2.05) is 36.1 Å². The molecule has 0 bridgehead atoms. The van der Waals surface area contributed by atoms with Crippen LogP contribution in [-0.2, 0) is 4.79 Å². The van der Waals surface area contributed by atoms with E-state index in [1.54, 1.807) is 0 Å². The second-order valence-electron chi connectivity index (χ2n) is 4.95. The number of aliphatic carboxylic acids is 1. The zero-order chi connectivity index (χ0) is 13.7. The average Bonchev–Trinajstić information content (AvgIpc) is 2.26.